The molecule has 1 unspecified atom stereocenters. The van der Waals surface area contributed by atoms with Gasteiger partial charge in [0.2, 0.25) is 0 Å². The molecule has 0 heterocycles. The van der Waals surface area contributed by atoms with Gasteiger partial charge in [0.1, 0.15) is 0 Å². The van der Waals surface area contributed by atoms with Crippen LogP contribution in [0.25, 0.3) is 0 Å². The van der Waals surface area contributed by atoms with Gasteiger partial charge in [0.25, 0.3) is 0 Å². The summed E-state index contributed by atoms with van der Waals surface area (Å²) in [4.78, 5) is 0. The predicted octanol–water partition coefficient (Wildman–Crippen LogP) is 3.36. The summed E-state index contributed by atoms with van der Waals surface area (Å²) in [5.74, 6) is 0.661. The van der Waals surface area contributed by atoms with Crippen molar-refractivity contribution in [2.75, 3.05) is 6.61 Å². The van der Waals surface area contributed by atoms with Crippen molar-refractivity contribution in [1.82, 2.24) is 5.32 Å². The van der Waals surface area contributed by atoms with Crippen LogP contribution in [-0.2, 0) is 17.9 Å². The summed E-state index contributed by atoms with van der Waals surface area (Å²) in [6, 6.07) is 9.02. The molecule has 0 radical (unpaired) electrons. The normalized spacial score (nSPS) is 13.0. The first-order valence-electron chi connectivity index (χ1n) is 6.53. The molecule has 0 saturated heterocycles. The quantitative estimate of drug-likeness (QED) is 0.782. The lowest BCUT2D eigenvalue weighted by Gasteiger charge is -2.18. The van der Waals surface area contributed by atoms with E-state index in [0.29, 0.717) is 18.6 Å². The molecule has 0 saturated carbocycles. The van der Waals surface area contributed by atoms with Crippen LogP contribution in [0.15, 0.2) is 24.3 Å². The summed E-state index contributed by atoms with van der Waals surface area (Å²) in [5.41, 5.74) is 2.63. The third kappa shape index (κ3) is 4.88. The van der Waals surface area contributed by atoms with E-state index >= 15 is 0 Å². The van der Waals surface area contributed by atoms with Crippen molar-refractivity contribution >= 4 is 0 Å². The Balaban J connectivity index is 2.57. The minimum absolute atomic E-state index is 0.537. The van der Waals surface area contributed by atoms with Crippen LogP contribution in [0.1, 0.15) is 38.8 Å². The summed E-state index contributed by atoms with van der Waals surface area (Å²) >= 11 is 0. The van der Waals surface area contributed by atoms with Crippen LogP contribution in [0.2, 0.25) is 0 Å². The van der Waals surface area contributed by atoms with Gasteiger partial charge < -0.3 is 10.1 Å². The van der Waals surface area contributed by atoms with Gasteiger partial charge in [-0.15, -0.1) is 0 Å². The molecule has 1 N–H and O–H groups in total. The largest absolute Gasteiger partial charge is 0.377 e. The number of hydrogen-bond acceptors (Lipinski definition) is 2. The van der Waals surface area contributed by atoms with E-state index in [2.05, 4.69) is 50.4 Å². The van der Waals surface area contributed by atoms with E-state index in [1.807, 2.05) is 6.92 Å². The van der Waals surface area contributed by atoms with Crippen LogP contribution in [0.3, 0.4) is 0 Å². The zero-order valence-electron chi connectivity index (χ0n) is 11.5. The van der Waals surface area contributed by atoms with E-state index in [9.17, 15) is 0 Å². The topological polar surface area (TPSA) is 21.3 Å². The fraction of sp³-hybridized carbons (Fsp3) is 0.600. The second-order valence-corrected chi connectivity index (χ2v) is 4.82. The third-order valence-corrected chi connectivity index (χ3v) is 3.19. The second kappa shape index (κ2) is 7.46. The van der Waals surface area contributed by atoms with Crippen LogP contribution >= 0.6 is 0 Å². The van der Waals surface area contributed by atoms with E-state index in [1.54, 1.807) is 0 Å². The summed E-state index contributed by atoms with van der Waals surface area (Å²) in [5, 5.41) is 3.56. The highest BCUT2D eigenvalue weighted by Crippen LogP contribution is 2.11. The molecule has 0 aromatic heterocycles. The zero-order chi connectivity index (χ0) is 12.7. The Kier molecular flexibility index (Phi) is 6.23. The fourth-order valence-electron chi connectivity index (χ4n) is 1.59. The van der Waals surface area contributed by atoms with Crippen molar-refractivity contribution in [2.45, 2.75) is 46.9 Å². The molecule has 96 valence electrons. The van der Waals surface area contributed by atoms with Crippen LogP contribution in [0.5, 0.6) is 0 Å². The molecule has 1 rings (SSSR count). The standard InChI is InChI=1S/C15H25NO/c1-5-17-11-15-9-7-6-8-14(15)10-16-13(4)12(2)3/h6-9,12-13,16H,5,10-11H2,1-4H3. The summed E-state index contributed by atoms with van der Waals surface area (Å²) in [6.45, 7) is 11.1. The fourth-order valence-corrected chi connectivity index (χ4v) is 1.59. The van der Waals surface area contributed by atoms with E-state index in [-0.39, 0.29) is 0 Å². The summed E-state index contributed by atoms with van der Waals surface area (Å²) in [6.07, 6.45) is 0. The van der Waals surface area contributed by atoms with Crippen LogP contribution in [0.4, 0.5) is 0 Å². The molecule has 1 aromatic rings. The SMILES string of the molecule is CCOCc1ccccc1CNC(C)C(C)C. The van der Waals surface area contributed by atoms with Crippen molar-refractivity contribution in [3.8, 4) is 0 Å². The van der Waals surface area contributed by atoms with Gasteiger partial charge in [0, 0.05) is 19.2 Å². The molecule has 1 aromatic carbocycles. The first kappa shape index (κ1) is 14.2. The molecule has 0 bridgehead atoms. The number of nitrogens with one attached hydrogen (secondary N) is 1. The van der Waals surface area contributed by atoms with Gasteiger partial charge in [-0.25, -0.2) is 0 Å². The van der Waals surface area contributed by atoms with E-state index < -0.39 is 0 Å². The molecule has 0 spiro atoms. The predicted molar refractivity (Wildman–Crippen MR) is 72.9 cm³/mol. The van der Waals surface area contributed by atoms with Gasteiger partial charge in [0.15, 0.2) is 0 Å². The minimum atomic E-state index is 0.537. The molecule has 0 amide bonds. The molecule has 0 aliphatic carbocycles. The zero-order valence-corrected chi connectivity index (χ0v) is 11.5. The lowest BCUT2D eigenvalue weighted by Crippen LogP contribution is -2.30. The van der Waals surface area contributed by atoms with Crippen molar-refractivity contribution in [3.63, 3.8) is 0 Å². The highest BCUT2D eigenvalue weighted by Gasteiger charge is 2.07. The van der Waals surface area contributed by atoms with Crippen LogP contribution in [-0.4, -0.2) is 12.6 Å². The van der Waals surface area contributed by atoms with Gasteiger partial charge in [-0.05, 0) is 30.9 Å². The van der Waals surface area contributed by atoms with Gasteiger partial charge in [-0.3, -0.25) is 0 Å². The minimum Gasteiger partial charge on any atom is -0.377 e. The van der Waals surface area contributed by atoms with Gasteiger partial charge in [-0.2, -0.15) is 0 Å². The molecule has 0 aliphatic rings. The smallest absolute Gasteiger partial charge is 0.0719 e. The highest BCUT2D eigenvalue weighted by atomic mass is 16.5. The molecular formula is C15H25NO. The Morgan fingerprint density at radius 1 is 1.12 bits per heavy atom. The molecule has 17 heavy (non-hydrogen) atoms. The average molecular weight is 235 g/mol. The first-order valence-corrected chi connectivity index (χ1v) is 6.53. The molecule has 2 nitrogen and oxygen atoms in total. The first-order chi connectivity index (χ1) is 8.15. The Hall–Kier alpha value is -0.860. The van der Waals surface area contributed by atoms with Crippen LogP contribution in [0, 0.1) is 5.92 Å². The van der Waals surface area contributed by atoms with Crippen molar-refractivity contribution in [3.05, 3.63) is 35.4 Å². The highest BCUT2D eigenvalue weighted by molar-refractivity contribution is 5.26. The summed E-state index contributed by atoms with van der Waals surface area (Å²) < 4.78 is 5.49. The molecular weight excluding hydrogens is 210 g/mol. The Morgan fingerprint density at radius 2 is 1.76 bits per heavy atom. The molecule has 0 aliphatic heterocycles. The Bertz CT molecular complexity index is 322. The van der Waals surface area contributed by atoms with Gasteiger partial charge in [-0.1, -0.05) is 38.1 Å². The van der Waals surface area contributed by atoms with Gasteiger partial charge >= 0.3 is 0 Å². The lowest BCUT2D eigenvalue weighted by molar-refractivity contribution is 0.133. The third-order valence-electron chi connectivity index (χ3n) is 3.19. The second-order valence-electron chi connectivity index (χ2n) is 4.82. The van der Waals surface area contributed by atoms with E-state index in [1.165, 1.54) is 11.1 Å². The van der Waals surface area contributed by atoms with Crippen molar-refractivity contribution in [1.29, 1.82) is 0 Å². The number of ether oxygens (including phenoxy) is 1. The Morgan fingerprint density at radius 3 is 2.35 bits per heavy atom. The molecule has 2 heteroatoms. The van der Waals surface area contributed by atoms with Crippen molar-refractivity contribution < 1.29 is 4.74 Å². The maximum Gasteiger partial charge on any atom is 0.0719 e. The number of hydrogen-bond donors (Lipinski definition) is 1. The molecule has 1 atom stereocenters. The monoisotopic (exact) mass is 235 g/mol. The van der Waals surface area contributed by atoms with Crippen molar-refractivity contribution in [2.24, 2.45) is 5.92 Å². The number of rotatable bonds is 7. The summed E-state index contributed by atoms with van der Waals surface area (Å²) in [7, 11) is 0. The maximum atomic E-state index is 5.49. The Labute approximate surface area is 105 Å². The van der Waals surface area contributed by atoms with E-state index in [4.69, 9.17) is 4.74 Å². The maximum absolute atomic E-state index is 5.49. The van der Waals surface area contributed by atoms with Gasteiger partial charge in [0.05, 0.1) is 6.61 Å². The van der Waals surface area contributed by atoms with Crippen LogP contribution < -0.4 is 5.32 Å². The molecule has 0 fully saturated rings. The lowest BCUT2D eigenvalue weighted by atomic mass is 10.0. The number of benzene rings is 1. The van der Waals surface area contributed by atoms with E-state index in [0.717, 1.165) is 13.2 Å². The average Bonchev–Trinajstić information content (AvgIpc) is 2.34.